The minimum atomic E-state index is -4.51. The highest BCUT2D eigenvalue weighted by Gasteiger charge is 2.31. The van der Waals surface area contributed by atoms with Gasteiger partial charge in [0, 0.05) is 24.1 Å². The van der Waals surface area contributed by atoms with Gasteiger partial charge in [0.1, 0.15) is 0 Å². The Labute approximate surface area is 184 Å². The molecule has 1 saturated heterocycles. The molecule has 11 heteroatoms. The number of hydrogen-bond acceptors (Lipinski definition) is 7. The molecule has 2 aromatic heterocycles. The van der Waals surface area contributed by atoms with Crippen molar-refractivity contribution in [3.05, 3.63) is 46.5 Å². The van der Waals surface area contributed by atoms with Gasteiger partial charge in [0.25, 0.3) is 5.91 Å². The highest BCUT2D eigenvalue weighted by molar-refractivity contribution is 7.20. The van der Waals surface area contributed by atoms with E-state index in [1.54, 1.807) is 6.92 Å². The number of ether oxygens (including phenoxy) is 1. The molecular weight excluding hydrogens is 449 g/mol. The second kappa shape index (κ2) is 8.93. The number of aromatic nitrogens is 2. The second-order valence-corrected chi connectivity index (χ2v) is 8.88. The number of alkyl halides is 3. The topological polar surface area (TPSA) is 76.1 Å². The Morgan fingerprint density at radius 2 is 2.13 bits per heavy atom. The van der Waals surface area contributed by atoms with Gasteiger partial charge in [-0.1, -0.05) is 17.4 Å². The number of nitrogens with one attached hydrogen (secondary N) is 2. The summed E-state index contributed by atoms with van der Waals surface area (Å²) in [6.07, 6.45) is -2.20. The minimum Gasteiger partial charge on any atom is -0.376 e. The SMILES string of the molecule is Cc1nc(NC(=O)c2cccc(C(F)(F)F)c2)sc1-c1csc(NC[C@H]2CCCO2)n1. The van der Waals surface area contributed by atoms with Gasteiger partial charge in [-0.15, -0.1) is 11.3 Å². The van der Waals surface area contributed by atoms with Crippen LogP contribution in [-0.4, -0.2) is 35.1 Å². The quantitative estimate of drug-likeness (QED) is 0.504. The fourth-order valence-corrected chi connectivity index (χ4v) is 4.87. The number of anilines is 2. The molecule has 0 saturated carbocycles. The van der Waals surface area contributed by atoms with Crippen LogP contribution in [0.15, 0.2) is 29.6 Å². The van der Waals surface area contributed by atoms with Crippen molar-refractivity contribution in [3.63, 3.8) is 0 Å². The van der Waals surface area contributed by atoms with Crippen LogP contribution in [0.3, 0.4) is 0 Å². The van der Waals surface area contributed by atoms with Crippen molar-refractivity contribution in [1.29, 1.82) is 0 Å². The number of aryl methyl sites for hydroxylation is 1. The van der Waals surface area contributed by atoms with E-state index in [-0.39, 0.29) is 11.7 Å². The number of hydrogen-bond donors (Lipinski definition) is 2. The molecule has 1 aromatic carbocycles. The summed E-state index contributed by atoms with van der Waals surface area (Å²) >= 11 is 2.70. The van der Waals surface area contributed by atoms with Gasteiger partial charge >= 0.3 is 6.18 Å². The van der Waals surface area contributed by atoms with Gasteiger partial charge in [-0.2, -0.15) is 13.2 Å². The van der Waals surface area contributed by atoms with Crippen molar-refractivity contribution in [2.45, 2.75) is 32.0 Å². The lowest BCUT2D eigenvalue weighted by molar-refractivity contribution is -0.137. The lowest BCUT2D eigenvalue weighted by Gasteiger charge is -2.09. The lowest BCUT2D eigenvalue weighted by Crippen LogP contribution is -2.18. The third-order valence-electron chi connectivity index (χ3n) is 4.71. The second-order valence-electron chi connectivity index (χ2n) is 7.02. The van der Waals surface area contributed by atoms with E-state index in [1.807, 2.05) is 5.38 Å². The molecule has 1 aliphatic heterocycles. The third-order valence-corrected chi connectivity index (χ3v) is 6.61. The van der Waals surface area contributed by atoms with Gasteiger partial charge in [-0.25, -0.2) is 9.97 Å². The number of amides is 1. The van der Waals surface area contributed by atoms with Crippen LogP contribution in [-0.2, 0) is 10.9 Å². The smallest absolute Gasteiger partial charge is 0.376 e. The molecule has 3 heterocycles. The Balaban J connectivity index is 1.44. The van der Waals surface area contributed by atoms with Gasteiger partial charge < -0.3 is 10.1 Å². The monoisotopic (exact) mass is 468 g/mol. The third kappa shape index (κ3) is 5.23. The fraction of sp³-hybridized carbons (Fsp3) is 0.350. The average molecular weight is 469 g/mol. The Kier molecular flexibility index (Phi) is 6.26. The number of carbonyl (C=O) groups is 1. The molecule has 164 valence electrons. The van der Waals surface area contributed by atoms with Crippen LogP contribution in [0.25, 0.3) is 10.6 Å². The van der Waals surface area contributed by atoms with Gasteiger partial charge in [-0.05, 0) is 38.0 Å². The standard InChI is InChI=1S/C20H19F3N4O2S2/c1-11-16(15-10-30-18(26-15)24-9-14-6-3-7-29-14)31-19(25-11)27-17(28)12-4-2-5-13(8-12)20(21,22)23/h2,4-5,8,10,14H,3,6-7,9H2,1H3,(H,24,26)(H,25,27,28)/t14-/m1/s1. The molecular formula is C20H19F3N4O2S2. The molecule has 1 atom stereocenters. The summed E-state index contributed by atoms with van der Waals surface area (Å²) < 4.78 is 44.3. The maximum absolute atomic E-state index is 12.9. The lowest BCUT2D eigenvalue weighted by atomic mass is 10.1. The van der Waals surface area contributed by atoms with E-state index in [1.165, 1.54) is 34.8 Å². The first kappa shape index (κ1) is 21.7. The van der Waals surface area contributed by atoms with Gasteiger partial charge in [0.05, 0.1) is 27.9 Å². The molecule has 0 aliphatic carbocycles. The predicted molar refractivity (Wildman–Crippen MR) is 115 cm³/mol. The molecule has 4 rings (SSSR count). The average Bonchev–Trinajstić information content (AvgIpc) is 3.47. The van der Waals surface area contributed by atoms with Crippen LogP contribution in [0.4, 0.5) is 23.4 Å². The van der Waals surface area contributed by atoms with E-state index in [4.69, 9.17) is 4.74 Å². The minimum absolute atomic E-state index is 0.0847. The van der Waals surface area contributed by atoms with E-state index < -0.39 is 17.6 Å². The molecule has 1 aliphatic rings. The molecule has 1 amide bonds. The largest absolute Gasteiger partial charge is 0.416 e. The van der Waals surface area contributed by atoms with Gasteiger partial charge in [0.15, 0.2) is 10.3 Å². The summed E-state index contributed by atoms with van der Waals surface area (Å²) in [7, 11) is 0. The number of halogens is 3. The molecule has 0 spiro atoms. The van der Waals surface area contributed by atoms with Gasteiger partial charge in [0.2, 0.25) is 0 Å². The highest BCUT2D eigenvalue weighted by atomic mass is 32.1. The number of rotatable bonds is 6. The predicted octanol–water partition coefficient (Wildman–Crippen LogP) is 5.44. The highest BCUT2D eigenvalue weighted by Crippen LogP contribution is 2.35. The van der Waals surface area contributed by atoms with Crippen LogP contribution in [0.2, 0.25) is 0 Å². The summed E-state index contributed by atoms with van der Waals surface area (Å²) in [6, 6.07) is 4.29. The zero-order valence-electron chi connectivity index (χ0n) is 16.5. The number of nitrogens with zero attached hydrogens (tertiary/aromatic N) is 2. The van der Waals surface area contributed by atoms with E-state index >= 15 is 0 Å². The molecule has 0 unspecified atom stereocenters. The molecule has 6 nitrogen and oxygen atoms in total. The zero-order valence-corrected chi connectivity index (χ0v) is 18.1. The van der Waals surface area contributed by atoms with E-state index in [9.17, 15) is 18.0 Å². The molecule has 0 bridgehead atoms. The van der Waals surface area contributed by atoms with Crippen molar-refractivity contribution in [2.24, 2.45) is 0 Å². The Bertz CT molecular complexity index is 1070. The van der Waals surface area contributed by atoms with Crippen LogP contribution in [0.1, 0.15) is 34.5 Å². The summed E-state index contributed by atoms with van der Waals surface area (Å²) in [5.74, 6) is -0.649. The molecule has 3 aromatic rings. The molecule has 1 fully saturated rings. The van der Waals surface area contributed by atoms with Gasteiger partial charge in [-0.3, -0.25) is 10.1 Å². The van der Waals surface area contributed by atoms with E-state index in [0.29, 0.717) is 17.4 Å². The van der Waals surface area contributed by atoms with E-state index in [0.717, 1.165) is 47.3 Å². The Morgan fingerprint density at radius 3 is 2.87 bits per heavy atom. The number of carbonyl (C=O) groups excluding carboxylic acids is 1. The Morgan fingerprint density at radius 1 is 1.29 bits per heavy atom. The Hall–Kier alpha value is -2.50. The van der Waals surface area contributed by atoms with Crippen LogP contribution < -0.4 is 10.6 Å². The summed E-state index contributed by atoms with van der Waals surface area (Å²) in [4.78, 5) is 22.1. The van der Waals surface area contributed by atoms with Crippen LogP contribution in [0.5, 0.6) is 0 Å². The van der Waals surface area contributed by atoms with Crippen molar-refractivity contribution in [3.8, 4) is 10.6 Å². The number of thiazole rings is 2. The van der Waals surface area contributed by atoms with E-state index in [2.05, 4.69) is 20.6 Å². The normalized spacial score (nSPS) is 16.5. The zero-order chi connectivity index (χ0) is 22.0. The first-order valence-electron chi connectivity index (χ1n) is 9.57. The van der Waals surface area contributed by atoms with Crippen molar-refractivity contribution in [2.75, 3.05) is 23.8 Å². The maximum Gasteiger partial charge on any atom is 0.416 e. The van der Waals surface area contributed by atoms with Crippen LogP contribution >= 0.6 is 22.7 Å². The van der Waals surface area contributed by atoms with Crippen molar-refractivity contribution < 1.29 is 22.7 Å². The summed E-state index contributed by atoms with van der Waals surface area (Å²) in [5.41, 5.74) is 0.454. The molecule has 0 radical (unpaired) electrons. The first-order chi connectivity index (χ1) is 14.8. The van der Waals surface area contributed by atoms with Crippen molar-refractivity contribution in [1.82, 2.24) is 9.97 Å². The maximum atomic E-state index is 12.9. The van der Waals surface area contributed by atoms with Crippen LogP contribution in [0, 0.1) is 6.92 Å². The summed E-state index contributed by atoms with van der Waals surface area (Å²) in [5, 5.41) is 8.83. The molecule has 31 heavy (non-hydrogen) atoms. The van der Waals surface area contributed by atoms with Crippen molar-refractivity contribution >= 4 is 38.8 Å². The fourth-order valence-electron chi connectivity index (χ4n) is 3.16. The first-order valence-corrected chi connectivity index (χ1v) is 11.3. The molecule has 2 N–H and O–H groups in total. The number of benzene rings is 1. The summed E-state index contributed by atoms with van der Waals surface area (Å²) in [6.45, 7) is 3.29.